The van der Waals surface area contributed by atoms with Crippen LogP contribution in [0.5, 0.6) is 0 Å². The van der Waals surface area contributed by atoms with Gasteiger partial charge in [0.15, 0.2) is 0 Å². The van der Waals surface area contributed by atoms with Gasteiger partial charge in [-0.2, -0.15) is 4.31 Å². The van der Waals surface area contributed by atoms with Crippen LogP contribution in [0.2, 0.25) is 0 Å². The van der Waals surface area contributed by atoms with Gasteiger partial charge in [-0.05, 0) is 36.5 Å². The van der Waals surface area contributed by atoms with E-state index in [2.05, 4.69) is 0 Å². The highest BCUT2D eigenvalue weighted by Gasteiger charge is 2.70. The molecule has 5 rings (SSSR count). The smallest absolute Gasteiger partial charge is 0.225 e. The molecule has 0 radical (unpaired) electrons. The summed E-state index contributed by atoms with van der Waals surface area (Å²) < 4.78 is 28.7. The van der Waals surface area contributed by atoms with Crippen LogP contribution < -0.4 is 0 Å². The van der Waals surface area contributed by atoms with E-state index in [9.17, 15) is 18.3 Å². The van der Waals surface area contributed by atoms with Gasteiger partial charge in [-0.1, -0.05) is 66.7 Å². The average molecular weight is 467 g/mol. The first-order valence-corrected chi connectivity index (χ1v) is 13.2. The van der Waals surface area contributed by atoms with Crippen molar-refractivity contribution >= 4 is 22.0 Å². The standard InChI is InChI=1S/C26H30N2O4S/c1-2-6-19-9-11-21(12-10-19)24-23(15-29)28(33(31,32)16-20-7-4-3-5-8-20)26(24)17-27(18-26)25(30)22-13-14-22/h2-12,22-24,29H,13-18H2,1H3/b6-2+/t23-,24-/m0/s1. The molecule has 0 unspecified atom stereocenters. The molecule has 2 heterocycles. The Morgan fingerprint density at radius 3 is 2.33 bits per heavy atom. The molecule has 0 bridgehead atoms. The zero-order valence-corrected chi connectivity index (χ0v) is 19.6. The fraction of sp³-hybridized carbons (Fsp3) is 0.423. The number of likely N-dealkylation sites (tertiary alicyclic amines) is 1. The number of carbonyl (C=O) groups excluding carboxylic acids is 1. The Balaban J connectivity index is 1.47. The Hall–Kier alpha value is -2.48. The third-order valence-electron chi connectivity index (χ3n) is 7.20. The number of sulfonamides is 1. The number of rotatable bonds is 7. The molecule has 1 saturated carbocycles. The molecule has 1 spiro atoms. The van der Waals surface area contributed by atoms with Gasteiger partial charge in [-0.25, -0.2) is 8.42 Å². The molecule has 2 saturated heterocycles. The second-order valence-electron chi connectivity index (χ2n) is 9.50. The minimum absolute atomic E-state index is 0.101. The van der Waals surface area contributed by atoms with E-state index in [1.807, 2.05) is 61.5 Å². The van der Waals surface area contributed by atoms with Gasteiger partial charge in [0.25, 0.3) is 0 Å². The van der Waals surface area contributed by atoms with E-state index in [0.29, 0.717) is 18.7 Å². The number of hydrogen-bond donors (Lipinski definition) is 1. The first kappa shape index (κ1) is 22.3. The Bertz CT molecular complexity index is 1150. The Morgan fingerprint density at radius 2 is 1.76 bits per heavy atom. The fourth-order valence-electron chi connectivity index (χ4n) is 5.63. The molecule has 0 aromatic heterocycles. The highest BCUT2D eigenvalue weighted by atomic mass is 32.2. The van der Waals surface area contributed by atoms with Gasteiger partial charge in [0.05, 0.1) is 23.9 Å². The molecule has 1 amide bonds. The maximum Gasteiger partial charge on any atom is 0.225 e. The Morgan fingerprint density at radius 1 is 1.09 bits per heavy atom. The van der Waals surface area contributed by atoms with Gasteiger partial charge in [0.1, 0.15) is 0 Å². The summed E-state index contributed by atoms with van der Waals surface area (Å²) in [5.74, 6) is -0.0362. The molecular weight excluding hydrogens is 436 g/mol. The monoisotopic (exact) mass is 466 g/mol. The van der Waals surface area contributed by atoms with E-state index in [4.69, 9.17) is 0 Å². The quantitative estimate of drug-likeness (QED) is 0.681. The van der Waals surface area contributed by atoms with Crippen molar-refractivity contribution in [3.63, 3.8) is 0 Å². The van der Waals surface area contributed by atoms with Crippen LogP contribution in [0.15, 0.2) is 60.7 Å². The lowest BCUT2D eigenvalue weighted by Crippen LogP contribution is -2.85. The number of aliphatic hydroxyl groups is 1. The van der Waals surface area contributed by atoms with Crippen molar-refractivity contribution in [1.82, 2.24) is 9.21 Å². The fourth-order valence-corrected chi connectivity index (χ4v) is 7.77. The average Bonchev–Trinajstić information content (AvgIpc) is 3.59. The molecule has 3 aliphatic rings. The van der Waals surface area contributed by atoms with Gasteiger partial charge in [-0.3, -0.25) is 4.79 Å². The normalized spacial score (nSPS) is 24.6. The van der Waals surface area contributed by atoms with Crippen molar-refractivity contribution in [1.29, 1.82) is 0 Å². The third-order valence-corrected chi connectivity index (χ3v) is 9.14. The van der Waals surface area contributed by atoms with Crippen LogP contribution in [0.25, 0.3) is 6.08 Å². The van der Waals surface area contributed by atoms with E-state index < -0.39 is 21.6 Å². The number of aliphatic hydroxyl groups excluding tert-OH is 1. The van der Waals surface area contributed by atoms with Crippen LogP contribution in [-0.4, -0.2) is 59.9 Å². The van der Waals surface area contributed by atoms with Crippen molar-refractivity contribution in [2.75, 3.05) is 19.7 Å². The minimum atomic E-state index is -3.69. The lowest BCUT2D eigenvalue weighted by Gasteiger charge is -2.69. The highest BCUT2D eigenvalue weighted by Crippen LogP contribution is 2.56. The van der Waals surface area contributed by atoms with Crippen LogP contribution in [0.1, 0.15) is 42.4 Å². The molecular formula is C26H30N2O4S. The second-order valence-corrected chi connectivity index (χ2v) is 11.3. The molecule has 33 heavy (non-hydrogen) atoms. The lowest BCUT2D eigenvalue weighted by atomic mass is 9.62. The van der Waals surface area contributed by atoms with Gasteiger partial charge >= 0.3 is 0 Å². The zero-order valence-electron chi connectivity index (χ0n) is 18.8. The van der Waals surface area contributed by atoms with E-state index in [1.165, 1.54) is 4.31 Å². The molecule has 2 aliphatic heterocycles. The van der Waals surface area contributed by atoms with Gasteiger partial charge < -0.3 is 10.0 Å². The maximum absolute atomic E-state index is 13.6. The van der Waals surface area contributed by atoms with Crippen LogP contribution in [0.3, 0.4) is 0 Å². The Kier molecular flexibility index (Phi) is 5.67. The lowest BCUT2D eigenvalue weighted by molar-refractivity contribution is -0.168. The summed E-state index contributed by atoms with van der Waals surface area (Å²) in [7, 11) is -3.69. The minimum Gasteiger partial charge on any atom is -0.395 e. The molecule has 1 N–H and O–H groups in total. The van der Waals surface area contributed by atoms with E-state index in [-0.39, 0.29) is 30.1 Å². The molecule has 1 aliphatic carbocycles. The number of allylic oxidation sites excluding steroid dienone is 1. The maximum atomic E-state index is 13.6. The molecule has 3 fully saturated rings. The zero-order chi connectivity index (χ0) is 23.2. The van der Waals surface area contributed by atoms with Crippen LogP contribution in [0.4, 0.5) is 0 Å². The molecule has 2 atom stereocenters. The summed E-state index contributed by atoms with van der Waals surface area (Å²) in [5.41, 5.74) is 2.09. The number of benzene rings is 2. The molecule has 7 heteroatoms. The number of hydrogen-bond acceptors (Lipinski definition) is 4. The molecule has 2 aromatic carbocycles. The van der Waals surface area contributed by atoms with Crippen molar-refractivity contribution in [2.24, 2.45) is 5.92 Å². The number of carbonyl (C=O) groups is 1. The summed E-state index contributed by atoms with van der Waals surface area (Å²) in [6.07, 6.45) is 5.84. The molecule has 174 valence electrons. The van der Waals surface area contributed by atoms with Crippen LogP contribution in [0, 0.1) is 5.92 Å². The highest BCUT2D eigenvalue weighted by molar-refractivity contribution is 7.88. The van der Waals surface area contributed by atoms with Gasteiger partial charge in [0, 0.05) is 24.9 Å². The van der Waals surface area contributed by atoms with Crippen LogP contribution >= 0.6 is 0 Å². The van der Waals surface area contributed by atoms with Crippen molar-refractivity contribution in [3.8, 4) is 0 Å². The summed E-state index contributed by atoms with van der Waals surface area (Å²) in [6, 6.07) is 16.7. The second kappa shape index (κ2) is 8.38. The first-order chi connectivity index (χ1) is 15.9. The number of nitrogens with zero attached hydrogens (tertiary/aromatic N) is 2. The van der Waals surface area contributed by atoms with Crippen molar-refractivity contribution < 1.29 is 18.3 Å². The first-order valence-electron chi connectivity index (χ1n) is 11.6. The summed E-state index contributed by atoms with van der Waals surface area (Å²) in [4.78, 5) is 14.5. The summed E-state index contributed by atoms with van der Waals surface area (Å²) in [6.45, 7) is 2.47. The SMILES string of the molecule is C/C=C/c1ccc([C@H]2[C@H](CO)N(S(=O)(=O)Cc3ccccc3)C23CN(C(=O)C2CC2)C3)cc1. The van der Waals surface area contributed by atoms with Crippen molar-refractivity contribution in [2.45, 2.75) is 43.0 Å². The largest absolute Gasteiger partial charge is 0.395 e. The van der Waals surface area contributed by atoms with E-state index in [0.717, 1.165) is 24.0 Å². The number of amides is 1. The van der Waals surface area contributed by atoms with Crippen molar-refractivity contribution in [3.05, 3.63) is 77.4 Å². The summed E-state index contributed by atoms with van der Waals surface area (Å²) in [5, 5.41) is 10.3. The molecule has 6 nitrogen and oxygen atoms in total. The van der Waals surface area contributed by atoms with E-state index >= 15 is 0 Å². The predicted molar refractivity (Wildman–Crippen MR) is 128 cm³/mol. The summed E-state index contributed by atoms with van der Waals surface area (Å²) >= 11 is 0. The van der Waals surface area contributed by atoms with Gasteiger partial charge in [-0.15, -0.1) is 0 Å². The topological polar surface area (TPSA) is 77.9 Å². The van der Waals surface area contributed by atoms with Gasteiger partial charge in [0.2, 0.25) is 15.9 Å². The predicted octanol–water partition coefficient (Wildman–Crippen LogP) is 3.00. The Labute approximate surface area is 195 Å². The third kappa shape index (κ3) is 3.82. The molecule has 2 aromatic rings. The van der Waals surface area contributed by atoms with E-state index in [1.54, 1.807) is 17.0 Å². The van der Waals surface area contributed by atoms with Crippen LogP contribution in [-0.2, 0) is 20.6 Å².